The Bertz CT molecular complexity index is 403. The minimum absolute atomic E-state index is 0.0835. The van der Waals surface area contributed by atoms with Gasteiger partial charge in [0.05, 0.1) is 0 Å². The van der Waals surface area contributed by atoms with Crippen molar-refractivity contribution in [1.82, 2.24) is 5.32 Å². The van der Waals surface area contributed by atoms with Crippen LogP contribution in [0.15, 0.2) is 34.1 Å². The molecule has 1 N–H and O–H groups in total. The maximum absolute atomic E-state index is 11.9. The number of amides is 1. The third-order valence-electron chi connectivity index (χ3n) is 3.18. The third-order valence-corrected chi connectivity index (χ3v) is 4.70. The number of benzene rings is 1. The highest BCUT2D eigenvalue weighted by Gasteiger charge is 2.16. The summed E-state index contributed by atoms with van der Waals surface area (Å²) in [4.78, 5) is 14.1. The van der Waals surface area contributed by atoms with E-state index in [1.165, 1.54) is 35.9 Å². The molecule has 1 aliphatic rings. The summed E-state index contributed by atoms with van der Waals surface area (Å²) in [6.07, 6.45) is 8.13. The molecule has 1 fully saturated rings. The van der Waals surface area contributed by atoms with Gasteiger partial charge in [-0.3, -0.25) is 4.79 Å². The first kappa shape index (κ1) is 13.8. The predicted octanol–water partition coefficient (Wildman–Crippen LogP) is 4.54. The van der Waals surface area contributed by atoms with Gasteiger partial charge in [0.25, 0.3) is 5.24 Å². The molecule has 1 aromatic rings. The van der Waals surface area contributed by atoms with Crippen LogP contribution < -0.4 is 5.32 Å². The largest absolute Gasteiger partial charge is 0.344 e. The van der Waals surface area contributed by atoms with Gasteiger partial charge in [-0.05, 0) is 49.1 Å². The zero-order valence-corrected chi connectivity index (χ0v) is 12.3. The number of carbonyl (C=O) groups excluding carboxylic acids is 1. The van der Waals surface area contributed by atoms with Gasteiger partial charge in [0.1, 0.15) is 0 Å². The average molecular weight is 281 g/mol. The van der Waals surface area contributed by atoms with Crippen molar-refractivity contribution in [3.8, 4) is 0 Å². The van der Waals surface area contributed by atoms with Gasteiger partial charge in [-0.25, -0.2) is 0 Å². The van der Waals surface area contributed by atoms with E-state index in [0.717, 1.165) is 17.7 Å². The molecule has 0 aliphatic heterocycles. The Morgan fingerprint density at radius 3 is 2.67 bits per heavy atom. The van der Waals surface area contributed by atoms with E-state index < -0.39 is 0 Å². The molecule has 2 nitrogen and oxygen atoms in total. The zero-order valence-electron chi connectivity index (χ0n) is 10.6. The molecule has 0 saturated heterocycles. The fraction of sp³-hybridized carbons (Fsp3) is 0.500. The SMILES string of the molecule is CSc1cccc(SC(=O)NC2CCCCC2)c1. The second-order valence-electron chi connectivity index (χ2n) is 4.55. The molecule has 0 unspecified atom stereocenters. The monoisotopic (exact) mass is 281 g/mol. The number of thioether (sulfide) groups is 2. The smallest absolute Gasteiger partial charge is 0.284 e. The Morgan fingerprint density at radius 2 is 1.94 bits per heavy atom. The quantitative estimate of drug-likeness (QED) is 0.825. The van der Waals surface area contributed by atoms with Gasteiger partial charge >= 0.3 is 0 Å². The Morgan fingerprint density at radius 1 is 1.22 bits per heavy atom. The zero-order chi connectivity index (χ0) is 12.8. The minimum Gasteiger partial charge on any atom is -0.344 e. The van der Waals surface area contributed by atoms with Crippen LogP contribution in [0.3, 0.4) is 0 Å². The van der Waals surface area contributed by atoms with Crippen LogP contribution in [-0.2, 0) is 0 Å². The van der Waals surface area contributed by atoms with Gasteiger partial charge in [0.2, 0.25) is 0 Å². The van der Waals surface area contributed by atoms with Gasteiger partial charge in [0.15, 0.2) is 0 Å². The normalized spacial score (nSPS) is 16.5. The van der Waals surface area contributed by atoms with Crippen molar-refractivity contribution < 1.29 is 4.79 Å². The molecule has 18 heavy (non-hydrogen) atoms. The molecule has 4 heteroatoms. The molecule has 0 heterocycles. The third kappa shape index (κ3) is 4.25. The topological polar surface area (TPSA) is 29.1 Å². The van der Waals surface area contributed by atoms with Gasteiger partial charge in [-0.15, -0.1) is 11.8 Å². The lowest BCUT2D eigenvalue weighted by Crippen LogP contribution is -2.33. The summed E-state index contributed by atoms with van der Waals surface area (Å²) in [6, 6.07) is 8.51. The van der Waals surface area contributed by atoms with E-state index in [1.54, 1.807) is 11.8 Å². The summed E-state index contributed by atoms with van der Waals surface area (Å²) in [6.45, 7) is 0. The summed E-state index contributed by atoms with van der Waals surface area (Å²) in [7, 11) is 0. The van der Waals surface area contributed by atoms with Gasteiger partial charge in [-0.1, -0.05) is 25.3 Å². The molecule has 98 valence electrons. The van der Waals surface area contributed by atoms with Crippen LogP contribution in [0.25, 0.3) is 0 Å². The number of hydrogen-bond acceptors (Lipinski definition) is 3. The molecule has 2 rings (SSSR count). The fourth-order valence-electron chi connectivity index (χ4n) is 2.21. The molecular formula is C14H19NOS2. The van der Waals surface area contributed by atoms with Crippen molar-refractivity contribution in [2.75, 3.05) is 6.26 Å². The molecule has 1 saturated carbocycles. The second kappa shape index (κ2) is 7.10. The highest BCUT2D eigenvalue weighted by atomic mass is 32.2. The number of nitrogens with one attached hydrogen (secondary N) is 1. The van der Waals surface area contributed by atoms with E-state index in [0.29, 0.717) is 6.04 Å². The van der Waals surface area contributed by atoms with Crippen molar-refractivity contribution in [2.24, 2.45) is 0 Å². The number of hydrogen-bond donors (Lipinski definition) is 1. The lowest BCUT2D eigenvalue weighted by atomic mass is 9.96. The molecule has 1 aliphatic carbocycles. The van der Waals surface area contributed by atoms with Gasteiger partial charge in [0, 0.05) is 15.8 Å². The second-order valence-corrected chi connectivity index (χ2v) is 6.47. The molecule has 0 radical (unpaired) electrons. The van der Waals surface area contributed by atoms with Crippen LogP contribution in [0.1, 0.15) is 32.1 Å². The standard InChI is InChI=1S/C14H19NOS2/c1-17-12-8-5-9-13(10-12)18-14(16)15-11-6-3-2-4-7-11/h5,8-11H,2-4,6-7H2,1H3,(H,15,16). The van der Waals surface area contributed by atoms with E-state index in [1.807, 2.05) is 18.4 Å². The lowest BCUT2D eigenvalue weighted by molar-refractivity contribution is 0.253. The summed E-state index contributed by atoms with van der Waals surface area (Å²) in [5, 5.41) is 3.21. The lowest BCUT2D eigenvalue weighted by Gasteiger charge is -2.22. The van der Waals surface area contributed by atoms with E-state index in [2.05, 4.69) is 17.4 Å². The summed E-state index contributed by atoms with van der Waals surface area (Å²) < 4.78 is 0. The van der Waals surface area contributed by atoms with E-state index >= 15 is 0 Å². The van der Waals surface area contributed by atoms with Crippen LogP contribution in [-0.4, -0.2) is 17.5 Å². The number of rotatable bonds is 3. The van der Waals surface area contributed by atoms with E-state index in [4.69, 9.17) is 0 Å². The highest BCUT2D eigenvalue weighted by Crippen LogP contribution is 2.25. The van der Waals surface area contributed by atoms with Crippen molar-refractivity contribution in [3.05, 3.63) is 24.3 Å². The Kier molecular flexibility index (Phi) is 5.45. The van der Waals surface area contributed by atoms with E-state index in [9.17, 15) is 4.79 Å². The first-order chi connectivity index (χ1) is 8.78. The molecule has 1 aromatic carbocycles. The van der Waals surface area contributed by atoms with Crippen molar-refractivity contribution in [3.63, 3.8) is 0 Å². The maximum Gasteiger partial charge on any atom is 0.284 e. The molecule has 1 amide bonds. The Hall–Kier alpha value is -0.610. The summed E-state index contributed by atoms with van der Waals surface area (Å²) in [5.41, 5.74) is 0. The highest BCUT2D eigenvalue weighted by molar-refractivity contribution is 8.13. The predicted molar refractivity (Wildman–Crippen MR) is 79.5 cm³/mol. The maximum atomic E-state index is 11.9. The van der Waals surface area contributed by atoms with Crippen LogP contribution in [0.4, 0.5) is 4.79 Å². The Labute approximate surface area is 117 Å². The van der Waals surface area contributed by atoms with Crippen LogP contribution in [0.5, 0.6) is 0 Å². The molecule has 0 spiro atoms. The van der Waals surface area contributed by atoms with Crippen molar-refractivity contribution in [1.29, 1.82) is 0 Å². The molecule has 0 bridgehead atoms. The Balaban J connectivity index is 1.85. The van der Waals surface area contributed by atoms with Gasteiger partial charge < -0.3 is 5.32 Å². The average Bonchev–Trinajstić information content (AvgIpc) is 2.40. The van der Waals surface area contributed by atoms with Crippen LogP contribution in [0, 0.1) is 0 Å². The van der Waals surface area contributed by atoms with Crippen LogP contribution >= 0.6 is 23.5 Å². The minimum atomic E-state index is 0.0835. The first-order valence-corrected chi connectivity index (χ1v) is 8.44. The number of carbonyl (C=O) groups is 1. The van der Waals surface area contributed by atoms with Crippen LogP contribution in [0.2, 0.25) is 0 Å². The van der Waals surface area contributed by atoms with E-state index in [-0.39, 0.29) is 5.24 Å². The van der Waals surface area contributed by atoms with Crippen molar-refractivity contribution in [2.45, 2.75) is 47.9 Å². The molecular weight excluding hydrogens is 262 g/mol. The summed E-state index contributed by atoms with van der Waals surface area (Å²) in [5.74, 6) is 0. The summed E-state index contributed by atoms with van der Waals surface area (Å²) >= 11 is 3.00. The van der Waals surface area contributed by atoms with Crippen molar-refractivity contribution >= 4 is 28.8 Å². The fourth-order valence-corrected chi connectivity index (χ4v) is 3.52. The first-order valence-electron chi connectivity index (χ1n) is 6.40. The molecule has 0 aromatic heterocycles. The van der Waals surface area contributed by atoms with Gasteiger partial charge in [-0.2, -0.15) is 0 Å². The molecule has 0 atom stereocenters.